The molecule has 0 unspecified atom stereocenters. The Balaban J connectivity index is 1.75. The lowest BCUT2D eigenvalue weighted by atomic mass is 9.99. The van der Waals surface area contributed by atoms with Crippen LogP contribution < -0.4 is 20.1 Å². The summed E-state index contributed by atoms with van der Waals surface area (Å²) < 4.78 is 10.8. The van der Waals surface area contributed by atoms with Crippen molar-refractivity contribution >= 4 is 17.8 Å². The smallest absolute Gasteiger partial charge is 0.343 e. The molecule has 2 N–H and O–H groups in total. The molecular weight excluding hydrogens is 542 g/mol. The van der Waals surface area contributed by atoms with Crippen LogP contribution in [0, 0.1) is 5.92 Å². The minimum absolute atomic E-state index is 0.202. The molecule has 230 valence electrons. The van der Waals surface area contributed by atoms with Crippen LogP contribution in [0.1, 0.15) is 62.5 Å². The zero-order valence-corrected chi connectivity index (χ0v) is 26.3. The maximum Gasteiger partial charge on any atom is 0.343 e. The predicted octanol–water partition coefficient (Wildman–Crippen LogP) is 5.40. The van der Waals surface area contributed by atoms with Crippen molar-refractivity contribution in [1.29, 1.82) is 0 Å². The first kappa shape index (κ1) is 33.3. The highest BCUT2D eigenvalue weighted by molar-refractivity contribution is 5.91. The fourth-order valence-corrected chi connectivity index (χ4v) is 4.67. The SMILES string of the molecule is COc1ccc(CN(C)[C@@H](CC(C)C)C(=O)N[C@@H](Cc2ccc(OC(=O)c3ccccc3)cc2)C(=O)NC(C)(C)C)cc1. The van der Waals surface area contributed by atoms with Gasteiger partial charge in [0, 0.05) is 18.5 Å². The molecule has 3 aromatic rings. The van der Waals surface area contributed by atoms with Gasteiger partial charge in [-0.05, 0) is 87.7 Å². The number of benzene rings is 3. The van der Waals surface area contributed by atoms with Crippen molar-refractivity contribution in [2.75, 3.05) is 14.2 Å². The Bertz CT molecular complexity index is 1330. The molecule has 0 aliphatic carbocycles. The van der Waals surface area contributed by atoms with Crippen molar-refractivity contribution in [1.82, 2.24) is 15.5 Å². The molecule has 0 radical (unpaired) electrons. The summed E-state index contributed by atoms with van der Waals surface area (Å²) in [7, 11) is 3.56. The molecule has 0 aliphatic rings. The molecule has 3 aromatic carbocycles. The Morgan fingerprint density at radius 1 is 0.814 bits per heavy atom. The van der Waals surface area contributed by atoms with Crippen molar-refractivity contribution in [2.45, 2.75) is 71.6 Å². The van der Waals surface area contributed by atoms with Crippen LogP contribution in [-0.2, 0) is 22.6 Å². The van der Waals surface area contributed by atoms with E-state index in [4.69, 9.17) is 9.47 Å². The van der Waals surface area contributed by atoms with Crippen LogP contribution in [0.15, 0.2) is 78.9 Å². The van der Waals surface area contributed by atoms with Crippen molar-refractivity contribution < 1.29 is 23.9 Å². The number of nitrogens with one attached hydrogen (secondary N) is 2. The van der Waals surface area contributed by atoms with Gasteiger partial charge >= 0.3 is 5.97 Å². The lowest BCUT2D eigenvalue weighted by molar-refractivity contribution is -0.132. The summed E-state index contributed by atoms with van der Waals surface area (Å²) in [5.74, 6) is 0.529. The average Bonchev–Trinajstić information content (AvgIpc) is 2.96. The average molecular weight is 588 g/mol. The summed E-state index contributed by atoms with van der Waals surface area (Å²) in [6, 6.07) is 22.3. The van der Waals surface area contributed by atoms with E-state index in [9.17, 15) is 14.4 Å². The molecule has 0 saturated heterocycles. The molecule has 2 atom stereocenters. The normalized spacial score (nSPS) is 12.9. The molecule has 0 aromatic heterocycles. The molecule has 43 heavy (non-hydrogen) atoms. The quantitative estimate of drug-likeness (QED) is 0.205. The van der Waals surface area contributed by atoms with Crippen molar-refractivity contribution in [3.63, 3.8) is 0 Å². The lowest BCUT2D eigenvalue weighted by Crippen LogP contribution is -2.56. The summed E-state index contributed by atoms with van der Waals surface area (Å²) in [5.41, 5.74) is 1.86. The predicted molar refractivity (Wildman–Crippen MR) is 169 cm³/mol. The van der Waals surface area contributed by atoms with Crippen LogP contribution in [0.2, 0.25) is 0 Å². The molecule has 0 saturated carbocycles. The van der Waals surface area contributed by atoms with E-state index in [1.54, 1.807) is 55.6 Å². The number of likely N-dealkylation sites (N-methyl/N-ethyl adjacent to an activating group) is 1. The second-order valence-corrected chi connectivity index (χ2v) is 12.3. The Labute approximate surface area is 255 Å². The minimum atomic E-state index is -0.798. The summed E-state index contributed by atoms with van der Waals surface area (Å²) >= 11 is 0. The second kappa shape index (κ2) is 15.3. The highest BCUT2D eigenvalue weighted by Gasteiger charge is 2.30. The van der Waals surface area contributed by atoms with Crippen LogP contribution in [0.3, 0.4) is 0 Å². The van der Waals surface area contributed by atoms with Gasteiger partial charge in [-0.3, -0.25) is 14.5 Å². The Morgan fingerprint density at radius 3 is 1.95 bits per heavy atom. The van der Waals surface area contributed by atoms with E-state index in [2.05, 4.69) is 24.5 Å². The molecule has 8 heteroatoms. The monoisotopic (exact) mass is 587 g/mol. The van der Waals surface area contributed by atoms with Gasteiger partial charge in [0.05, 0.1) is 18.7 Å². The molecule has 0 heterocycles. The zero-order chi connectivity index (χ0) is 31.6. The Hall–Kier alpha value is -4.17. The molecule has 8 nitrogen and oxygen atoms in total. The van der Waals surface area contributed by atoms with Crippen LogP contribution in [-0.4, -0.2) is 54.5 Å². The number of hydrogen-bond donors (Lipinski definition) is 2. The van der Waals surface area contributed by atoms with Gasteiger partial charge < -0.3 is 20.1 Å². The van der Waals surface area contributed by atoms with Gasteiger partial charge in [0.15, 0.2) is 0 Å². The third kappa shape index (κ3) is 10.9. The number of methoxy groups -OCH3 is 1. The summed E-state index contributed by atoms with van der Waals surface area (Å²) in [5, 5.41) is 6.06. The van der Waals surface area contributed by atoms with Crippen molar-refractivity contribution in [2.24, 2.45) is 5.92 Å². The van der Waals surface area contributed by atoms with E-state index in [1.165, 1.54) is 0 Å². The Kier molecular flexibility index (Phi) is 11.9. The van der Waals surface area contributed by atoms with Gasteiger partial charge in [0.25, 0.3) is 0 Å². The topological polar surface area (TPSA) is 97.0 Å². The van der Waals surface area contributed by atoms with Crippen LogP contribution in [0.25, 0.3) is 0 Å². The molecule has 0 aliphatic heterocycles. The first-order chi connectivity index (χ1) is 20.3. The maximum atomic E-state index is 13.8. The first-order valence-electron chi connectivity index (χ1n) is 14.7. The van der Waals surface area contributed by atoms with E-state index in [0.29, 0.717) is 24.3 Å². The molecule has 3 rings (SSSR count). The summed E-state index contributed by atoms with van der Waals surface area (Å²) in [4.78, 5) is 41.6. The van der Waals surface area contributed by atoms with E-state index in [0.717, 1.165) is 16.9 Å². The maximum absolute atomic E-state index is 13.8. The largest absolute Gasteiger partial charge is 0.497 e. The number of nitrogens with zero attached hydrogens (tertiary/aromatic N) is 1. The highest BCUT2D eigenvalue weighted by atomic mass is 16.5. The van der Waals surface area contributed by atoms with Gasteiger partial charge in [-0.15, -0.1) is 0 Å². The standard InChI is InChI=1S/C35H45N3O5/c1-24(2)21-31(38(6)23-26-15-17-28(42-7)18-16-26)33(40)36-30(32(39)37-35(3,4)5)22-25-13-19-29(20-14-25)43-34(41)27-11-9-8-10-12-27/h8-20,24,30-31H,21-23H2,1-7H3,(H,36,40)(H,37,39)/t30-,31-/m0/s1. The zero-order valence-electron chi connectivity index (χ0n) is 26.3. The van der Waals surface area contributed by atoms with E-state index < -0.39 is 23.6 Å². The van der Waals surface area contributed by atoms with Crippen molar-refractivity contribution in [3.8, 4) is 11.5 Å². The highest BCUT2D eigenvalue weighted by Crippen LogP contribution is 2.19. The number of carbonyl (C=O) groups is 3. The van der Waals surface area contributed by atoms with E-state index in [1.807, 2.05) is 63.1 Å². The minimum Gasteiger partial charge on any atom is -0.497 e. The van der Waals surface area contributed by atoms with Gasteiger partial charge in [0.1, 0.15) is 17.5 Å². The first-order valence-corrected chi connectivity index (χ1v) is 14.7. The third-order valence-electron chi connectivity index (χ3n) is 6.83. The van der Waals surface area contributed by atoms with E-state index in [-0.39, 0.29) is 24.2 Å². The molecule has 0 spiro atoms. The molecular formula is C35H45N3O5. The summed E-state index contributed by atoms with van der Waals surface area (Å²) in [6.45, 7) is 10.4. The van der Waals surface area contributed by atoms with Gasteiger partial charge in [-0.1, -0.05) is 56.3 Å². The number of ether oxygens (including phenoxy) is 2. The van der Waals surface area contributed by atoms with Crippen LogP contribution in [0.4, 0.5) is 0 Å². The van der Waals surface area contributed by atoms with Crippen LogP contribution in [0.5, 0.6) is 11.5 Å². The fraction of sp³-hybridized carbons (Fsp3) is 0.400. The number of carbonyl (C=O) groups excluding carboxylic acids is 3. The molecule has 0 fully saturated rings. The van der Waals surface area contributed by atoms with Gasteiger partial charge in [-0.25, -0.2) is 4.79 Å². The molecule has 2 amide bonds. The van der Waals surface area contributed by atoms with Gasteiger partial charge in [0.2, 0.25) is 11.8 Å². The number of rotatable bonds is 13. The van der Waals surface area contributed by atoms with Crippen LogP contribution >= 0.6 is 0 Å². The van der Waals surface area contributed by atoms with E-state index >= 15 is 0 Å². The fourth-order valence-electron chi connectivity index (χ4n) is 4.67. The number of hydrogen-bond acceptors (Lipinski definition) is 6. The summed E-state index contributed by atoms with van der Waals surface area (Å²) in [6.07, 6.45) is 0.907. The third-order valence-corrected chi connectivity index (χ3v) is 6.83. The Morgan fingerprint density at radius 2 is 1.40 bits per heavy atom. The number of amides is 2. The molecule has 0 bridgehead atoms. The second-order valence-electron chi connectivity index (χ2n) is 12.3. The number of esters is 1. The van der Waals surface area contributed by atoms with Crippen molar-refractivity contribution in [3.05, 3.63) is 95.6 Å². The lowest BCUT2D eigenvalue weighted by Gasteiger charge is -2.31. The van der Waals surface area contributed by atoms with Gasteiger partial charge in [-0.2, -0.15) is 0 Å².